The fourth-order valence-corrected chi connectivity index (χ4v) is 0.279. The minimum atomic E-state index is -0.720. The fourth-order valence-electron chi connectivity index (χ4n) is 0.279. The highest BCUT2D eigenvalue weighted by molar-refractivity contribution is 5.90. The van der Waals surface area contributed by atoms with Crippen molar-refractivity contribution in [2.75, 3.05) is 7.05 Å². The summed E-state index contributed by atoms with van der Waals surface area (Å²) in [6.45, 7) is 4.43. The Labute approximate surface area is 59.1 Å². The number of rotatable bonds is 1. The summed E-state index contributed by atoms with van der Waals surface area (Å²) < 4.78 is 4.30. The van der Waals surface area contributed by atoms with Gasteiger partial charge in [0.15, 0.2) is 0 Å². The van der Waals surface area contributed by atoms with Crippen LogP contribution in [0.2, 0.25) is 0 Å². The Kier molecular flexibility index (Phi) is 3.17. The fraction of sp³-hybridized carbons (Fsp3) is 0.333. The first-order chi connectivity index (χ1) is 4.59. The number of hydrogen-bond acceptors (Lipinski definition) is 3. The second kappa shape index (κ2) is 3.66. The van der Waals surface area contributed by atoms with Crippen LogP contribution >= 0.6 is 0 Å². The Morgan fingerprint density at radius 2 is 2.10 bits per heavy atom. The van der Waals surface area contributed by atoms with Crippen molar-refractivity contribution >= 4 is 12.0 Å². The normalized spacial score (nSPS) is 8.20. The second-order valence-corrected chi connectivity index (χ2v) is 1.63. The summed E-state index contributed by atoms with van der Waals surface area (Å²) in [4.78, 5) is 21.9. The van der Waals surface area contributed by atoms with E-state index in [-0.39, 0.29) is 5.91 Å². The largest absolute Gasteiger partial charge is 0.421 e. The molecule has 0 aromatic rings. The molecule has 2 amide bonds. The third kappa shape index (κ3) is 2.30. The minimum Gasteiger partial charge on any atom is -0.418 e. The van der Waals surface area contributed by atoms with E-state index in [1.807, 2.05) is 0 Å². The molecule has 0 saturated carbocycles. The first-order valence-corrected chi connectivity index (χ1v) is 2.65. The van der Waals surface area contributed by atoms with Gasteiger partial charge >= 0.3 is 6.09 Å². The number of imide groups is 1. The Balaban J connectivity index is 3.94. The topological polar surface area (TPSA) is 46.6 Å². The molecule has 0 atom stereocenters. The summed E-state index contributed by atoms with van der Waals surface area (Å²) in [7, 11) is 1.33. The third-order valence-electron chi connectivity index (χ3n) is 0.930. The first-order valence-electron chi connectivity index (χ1n) is 2.65. The van der Waals surface area contributed by atoms with E-state index in [2.05, 4.69) is 11.3 Å². The molecule has 0 rings (SSSR count). The van der Waals surface area contributed by atoms with E-state index in [4.69, 9.17) is 0 Å². The van der Waals surface area contributed by atoms with Gasteiger partial charge in [-0.05, 0) is 0 Å². The van der Waals surface area contributed by atoms with Crippen LogP contribution in [0.1, 0.15) is 6.92 Å². The lowest BCUT2D eigenvalue weighted by molar-refractivity contribution is -0.125. The number of hydrogen-bond donors (Lipinski definition) is 0. The minimum absolute atomic E-state index is 0.369. The number of nitrogens with zero attached hydrogens (tertiary/aromatic N) is 1. The van der Waals surface area contributed by atoms with Crippen molar-refractivity contribution in [1.82, 2.24) is 4.90 Å². The summed E-state index contributed by atoms with van der Waals surface area (Å²) in [5.41, 5.74) is 0. The Morgan fingerprint density at radius 1 is 1.60 bits per heavy atom. The summed E-state index contributed by atoms with van der Waals surface area (Å²) in [6.07, 6.45) is 0.254. The number of carbonyl (C=O) groups excluding carboxylic acids is 2. The van der Waals surface area contributed by atoms with Gasteiger partial charge in [0.05, 0.1) is 6.26 Å². The van der Waals surface area contributed by atoms with Crippen LogP contribution in [0.5, 0.6) is 0 Å². The second-order valence-electron chi connectivity index (χ2n) is 1.63. The molecule has 0 fully saturated rings. The Hall–Kier alpha value is -1.32. The van der Waals surface area contributed by atoms with Crippen LogP contribution in [0.3, 0.4) is 0 Å². The quantitative estimate of drug-likeness (QED) is 0.509. The Morgan fingerprint density at radius 3 is 2.40 bits per heavy atom. The lowest BCUT2D eigenvalue weighted by atomic mass is 10.6. The summed E-state index contributed by atoms with van der Waals surface area (Å²) in [6, 6.07) is 0. The molecule has 0 aromatic carbocycles. The predicted molar refractivity (Wildman–Crippen MR) is 35.1 cm³/mol. The van der Waals surface area contributed by atoms with Crippen molar-refractivity contribution in [2.45, 2.75) is 6.92 Å². The van der Waals surface area contributed by atoms with Crippen molar-refractivity contribution in [1.29, 1.82) is 0 Å². The first kappa shape index (κ1) is 8.68. The van der Waals surface area contributed by atoms with Crippen LogP contribution in [0.4, 0.5) is 4.79 Å². The molecule has 0 saturated heterocycles. The predicted octanol–water partition coefficient (Wildman–Crippen LogP) is 0.745. The monoisotopic (exact) mass is 143 g/mol. The van der Waals surface area contributed by atoms with Crippen LogP contribution in [0.15, 0.2) is 12.8 Å². The lowest BCUT2D eigenvalue weighted by Gasteiger charge is -2.09. The number of carbonyl (C=O) groups is 2. The van der Waals surface area contributed by atoms with Crippen molar-refractivity contribution in [3.8, 4) is 0 Å². The zero-order valence-corrected chi connectivity index (χ0v) is 5.96. The van der Waals surface area contributed by atoms with E-state index in [9.17, 15) is 9.59 Å². The highest BCUT2D eigenvalue weighted by Crippen LogP contribution is 1.89. The van der Waals surface area contributed by atoms with E-state index in [0.29, 0.717) is 0 Å². The van der Waals surface area contributed by atoms with E-state index < -0.39 is 6.09 Å². The van der Waals surface area contributed by atoms with E-state index in [1.165, 1.54) is 14.0 Å². The van der Waals surface area contributed by atoms with Crippen LogP contribution in [-0.2, 0) is 9.53 Å². The zero-order chi connectivity index (χ0) is 8.15. The third-order valence-corrected chi connectivity index (χ3v) is 0.930. The number of amides is 2. The molecular weight excluding hydrogens is 134 g/mol. The Bertz CT molecular complexity index is 164. The summed E-state index contributed by atoms with van der Waals surface area (Å²) in [5.74, 6) is -0.369. The average molecular weight is 143 g/mol. The van der Waals surface area contributed by atoms with Crippen LogP contribution in [0.25, 0.3) is 0 Å². The van der Waals surface area contributed by atoms with Crippen molar-refractivity contribution in [3.05, 3.63) is 12.8 Å². The molecule has 10 heavy (non-hydrogen) atoms. The summed E-state index contributed by atoms with van der Waals surface area (Å²) in [5, 5.41) is 0. The molecule has 0 aliphatic heterocycles. The molecule has 0 aromatic heterocycles. The SMILES string of the molecule is C=COC(=O)N(C)C(C)=O. The smallest absolute Gasteiger partial charge is 0.418 e. The van der Waals surface area contributed by atoms with Gasteiger partial charge in [-0.1, -0.05) is 6.58 Å². The van der Waals surface area contributed by atoms with Crippen molar-refractivity contribution in [3.63, 3.8) is 0 Å². The average Bonchev–Trinajstić information content (AvgIpc) is 1.87. The zero-order valence-electron chi connectivity index (χ0n) is 5.96. The van der Waals surface area contributed by atoms with Crippen LogP contribution in [0, 0.1) is 0 Å². The molecule has 0 N–H and O–H groups in total. The molecular formula is C6H9NO3. The molecule has 4 nitrogen and oxygen atoms in total. The molecule has 0 aliphatic carbocycles. The molecule has 56 valence electrons. The van der Waals surface area contributed by atoms with Crippen LogP contribution in [-0.4, -0.2) is 23.9 Å². The summed E-state index contributed by atoms with van der Waals surface area (Å²) >= 11 is 0. The highest BCUT2D eigenvalue weighted by atomic mass is 16.5. The lowest BCUT2D eigenvalue weighted by Crippen LogP contribution is -2.30. The van der Waals surface area contributed by atoms with Gasteiger partial charge in [0.25, 0.3) is 0 Å². The number of ether oxygens (including phenoxy) is 1. The molecule has 0 aliphatic rings. The van der Waals surface area contributed by atoms with Crippen molar-refractivity contribution < 1.29 is 14.3 Å². The maximum Gasteiger partial charge on any atom is 0.421 e. The highest BCUT2D eigenvalue weighted by Gasteiger charge is 2.11. The molecule has 0 radical (unpaired) electrons. The molecule has 0 heterocycles. The van der Waals surface area contributed by atoms with Gasteiger partial charge in [-0.15, -0.1) is 0 Å². The maximum atomic E-state index is 10.6. The van der Waals surface area contributed by atoms with Gasteiger partial charge in [-0.3, -0.25) is 9.69 Å². The maximum absolute atomic E-state index is 10.6. The van der Waals surface area contributed by atoms with Crippen LogP contribution < -0.4 is 0 Å². The van der Waals surface area contributed by atoms with Crippen molar-refractivity contribution in [2.24, 2.45) is 0 Å². The molecule has 4 heteroatoms. The van der Waals surface area contributed by atoms with Gasteiger partial charge in [-0.25, -0.2) is 4.79 Å². The van der Waals surface area contributed by atoms with E-state index >= 15 is 0 Å². The van der Waals surface area contributed by atoms with Gasteiger partial charge in [0, 0.05) is 14.0 Å². The van der Waals surface area contributed by atoms with Gasteiger partial charge in [0.2, 0.25) is 5.91 Å². The molecule has 0 spiro atoms. The standard InChI is InChI=1S/C6H9NO3/c1-4-10-6(9)7(3)5(2)8/h4H,1H2,2-3H3. The molecule has 0 unspecified atom stereocenters. The van der Waals surface area contributed by atoms with Gasteiger partial charge in [0.1, 0.15) is 0 Å². The van der Waals surface area contributed by atoms with Gasteiger partial charge < -0.3 is 4.74 Å². The van der Waals surface area contributed by atoms with E-state index in [1.54, 1.807) is 0 Å². The molecule has 0 bridgehead atoms. The van der Waals surface area contributed by atoms with E-state index in [0.717, 1.165) is 11.2 Å². The van der Waals surface area contributed by atoms with Gasteiger partial charge in [-0.2, -0.15) is 0 Å².